The molecule has 0 aliphatic carbocycles. The van der Waals surface area contributed by atoms with Gasteiger partial charge in [-0.2, -0.15) is 0 Å². The van der Waals surface area contributed by atoms with Gasteiger partial charge in [-0.05, 0) is 25.1 Å². The molecule has 0 spiro atoms. The summed E-state index contributed by atoms with van der Waals surface area (Å²) in [5, 5.41) is 2.61. The predicted octanol–water partition coefficient (Wildman–Crippen LogP) is 2.65. The summed E-state index contributed by atoms with van der Waals surface area (Å²) in [6, 6.07) is 3.89. The SMILES string of the molecule is COc1cnc(C(=O)Nc2ccc(F)c(C3(C)Cn4c(C(F)F)cnc4C(N)=N3)c2)cn1. The molecule has 2 aromatic heterocycles. The van der Waals surface area contributed by atoms with Gasteiger partial charge in [-0.3, -0.25) is 9.79 Å². The number of nitrogens with one attached hydrogen (secondary N) is 1. The number of aliphatic imine (C=N–C) groups is 1. The van der Waals surface area contributed by atoms with E-state index >= 15 is 0 Å². The minimum atomic E-state index is -2.78. The van der Waals surface area contributed by atoms with E-state index < -0.39 is 23.7 Å². The smallest absolute Gasteiger partial charge is 0.280 e. The third-order valence-electron chi connectivity index (χ3n) is 5.05. The van der Waals surface area contributed by atoms with Crippen molar-refractivity contribution in [2.75, 3.05) is 12.4 Å². The Morgan fingerprint density at radius 1 is 1.25 bits per heavy atom. The molecule has 0 saturated carbocycles. The first-order valence-electron chi connectivity index (χ1n) is 9.38. The lowest BCUT2D eigenvalue weighted by Gasteiger charge is -2.32. The summed E-state index contributed by atoms with van der Waals surface area (Å²) >= 11 is 0. The Morgan fingerprint density at radius 3 is 2.69 bits per heavy atom. The highest BCUT2D eigenvalue weighted by molar-refractivity contribution is 6.02. The molecule has 0 bridgehead atoms. The lowest BCUT2D eigenvalue weighted by atomic mass is 9.90. The van der Waals surface area contributed by atoms with Crippen LogP contribution in [0.2, 0.25) is 0 Å². The molecule has 1 unspecified atom stereocenters. The Morgan fingerprint density at radius 2 is 2.03 bits per heavy atom. The number of amidine groups is 1. The van der Waals surface area contributed by atoms with Gasteiger partial charge in [0.1, 0.15) is 22.7 Å². The number of hydrogen-bond acceptors (Lipinski definition) is 7. The Bertz CT molecular complexity index is 1210. The first-order chi connectivity index (χ1) is 15.2. The van der Waals surface area contributed by atoms with E-state index in [1.54, 1.807) is 6.92 Å². The van der Waals surface area contributed by atoms with Gasteiger partial charge in [0.2, 0.25) is 5.88 Å². The molecule has 3 N–H and O–H groups in total. The minimum absolute atomic E-state index is 0.0208. The predicted molar refractivity (Wildman–Crippen MR) is 108 cm³/mol. The first kappa shape index (κ1) is 21.3. The molecule has 0 fully saturated rings. The number of fused-ring (bicyclic) bond motifs is 1. The molecule has 1 atom stereocenters. The largest absolute Gasteiger partial charge is 0.480 e. The van der Waals surface area contributed by atoms with Crippen molar-refractivity contribution in [2.45, 2.75) is 25.4 Å². The maximum absolute atomic E-state index is 14.8. The van der Waals surface area contributed by atoms with E-state index in [4.69, 9.17) is 10.5 Å². The number of carbonyl (C=O) groups is 1. The van der Waals surface area contributed by atoms with Crippen molar-refractivity contribution in [3.8, 4) is 5.88 Å². The van der Waals surface area contributed by atoms with Crippen LogP contribution in [-0.4, -0.2) is 38.4 Å². The van der Waals surface area contributed by atoms with E-state index in [0.717, 1.165) is 12.3 Å². The van der Waals surface area contributed by atoms with Gasteiger partial charge in [-0.15, -0.1) is 0 Å². The molecule has 1 amide bonds. The van der Waals surface area contributed by atoms with E-state index in [9.17, 15) is 18.0 Å². The topological polar surface area (TPSA) is 120 Å². The van der Waals surface area contributed by atoms with Gasteiger partial charge in [0, 0.05) is 11.3 Å². The number of hydrogen-bond donors (Lipinski definition) is 2. The van der Waals surface area contributed by atoms with E-state index in [-0.39, 0.29) is 46.7 Å². The van der Waals surface area contributed by atoms with Crippen molar-refractivity contribution >= 4 is 17.4 Å². The highest BCUT2D eigenvalue weighted by Crippen LogP contribution is 2.36. The number of carbonyl (C=O) groups excluding carboxylic acids is 1. The van der Waals surface area contributed by atoms with Crippen LogP contribution >= 0.6 is 0 Å². The molecule has 9 nitrogen and oxygen atoms in total. The number of rotatable bonds is 5. The van der Waals surface area contributed by atoms with E-state index in [2.05, 4.69) is 25.3 Å². The normalized spacial score (nSPS) is 17.6. The highest BCUT2D eigenvalue weighted by Gasteiger charge is 2.37. The molecule has 1 aromatic carbocycles. The van der Waals surface area contributed by atoms with Crippen LogP contribution in [0.4, 0.5) is 18.9 Å². The number of imidazole rings is 1. The lowest BCUT2D eigenvalue weighted by molar-refractivity contribution is 0.102. The maximum atomic E-state index is 14.8. The fourth-order valence-electron chi connectivity index (χ4n) is 3.49. The van der Waals surface area contributed by atoms with Crippen LogP contribution in [0.3, 0.4) is 0 Å². The summed E-state index contributed by atoms with van der Waals surface area (Å²) in [4.78, 5) is 28.6. The second kappa shape index (κ2) is 7.94. The lowest BCUT2D eigenvalue weighted by Crippen LogP contribution is -2.38. The van der Waals surface area contributed by atoms with E-state index in [1.807, 2.05) is 0 Å². The molecule has 3 heterocycles. The second-order valence-electron chi connectivity index (χ2n) is 7.26. The van der Waals surface area contributed by atoms with Crippen LogP contribution in [0.5, 0.6) is 5.88 Å². The molecular weight excluding hydrogens is 427 g/mol. The summed E-state index contributed by atoms with van der Waals surface area (Å²) in [7, 11) is 1.42. The third-order valence-corrected chi connectivity index (χ3v) is 5.05. The molecule has 1 aliphatic heterocycles. The molecule has 0 radical (unpaired) electrons. The zero-order valence-corrected chi connectivity index (χ0v) is 17.0. The molecule has 1 aliphatic rings. The number of nitrogens with zero attached hydrogens (tertiary/aromatic N) is 5. The zero-order valence-electron chi connectivity index (χ0n) is 17.0. The van der Waals surface area contributed by atoms with Gasteiger partial charge < -0.3 is 20.4 Å². The van der Waals surface area contributed by atoms with Crippen LogP contribution in [0.15, 0.2) is 41.8 Å². The number of nitrogens with two attached hydrogens (primary N) is 1. The van der Waals surface area contributed by atoms with Crippen LogP contribution < -0.4 is 15.8 Å². The van der Waals surface area contributed by atoms with Crippen molar-refractivity contribution in [3.05, 3.63) is 65.4 Å². The molecule has 0 saturated heterocycles. The fraction of sp³-hybridized carbons (Fsp3) is 0.250. The van der Waals surface area contributed by atoms with Crippen molar-refractivity contribution in [3.63, 3.8) is 0 Å². The molecule has 4 rings (SSSR count). The highest BCUT2D eigenvalue weighted by atomic mass is 19.3. The van der Waals surface area contributed by atoms with Crippen LogP contribution in [0, 0.1) is 5.82 Å². The van der Waals surface area contributed by atoms with Gasteiger partial charge in [-0.1, -0.05) is 0 Å². The number of amides is 1. The number of methoxy groups -OCH3 is 1. The van der Waals surface area contributed by atoms with Crippen molar-refractivity contribution in [2.24, 2.45) is 10.7 Å². The van der Waals surface area contributed by atoms with Gasteiger partial charge in [0.15, 0.2) is 11.7 Å². The monoisotopic (exact) mass is 445 g/mol. The average molecular weight is 445 g/mol. The second-order valence-corrected chi connectivity index (χ2v) is 7.26. The Kier molecular flexibility index (Phi) is 5.28. The summed E-state index contributed by atoms with van der Waals surface area (Å²) in [5.41, 5.74) is 4.63. The average Bonchev–Trinajstić information content (AvgIpc) is 3.19. The minimum Gasteiger partial charge on any atom is -0.480 e. The standard InChI is InChI=1S/C20H18F3N7O2/c1-20(9-30-14(16(22)23)7-27-18(30)17(24)29-20)11-5-10(3-4-12(11)21)28-19(31)13-6-26-15(32-2)8-25-13/h3-8,16H,9H2,1-2H3,(H2,24,29)(H,28,31). The van der Waals surface area contributed by atoms with Gasteiger partial charge in [0.05, 0.1) is 32.2 Å². The van der Waals surface area contributed by atoms with Crippen LogP contribution in [0.25, 0.3) is 0 Å². The number of ether oxygens (including phenoxy) is 1. The van der Waals surface area contributed by atoms with Gasteiger partial charge in [-0.25, -0.2) is 28.1 Å². The maximum Gasteiger partial charge on any atom is 0.280 e. The van der Waals surface area contributed by atoms with Crippen molar-refractivity contribution < 1.29 is 22.7 Å². The van der Waals surface area contributed by atoms with Crippen LogP contribution in [0.1, 0.15) is 40.9 Å². The number of benzene rings is 1. The molecule has 12 heteroatoms. The van der Waals surface area contributed by atoms with Crippen molar-refractivity contribution in [1.82, 2.24) is 19.5 Å². The summed E-state index contributed by atoms with van der Waals surface area (Å²) < 4.78 is 47.7. The zero-order chi connectivity index (χ0) is 23.0. The first-order valence-corrected chi connectivity index (χ1v) is 9.38. The van der Waals surface area contributed by atoms with E-state index in [0.29, 0.717) is 0 Å². The number of alkyl halides is 2. The van der Waals surface area contributed by atoms with Crippen molar-refractivity contribution in [1.29, 1.82) is 0 Å². The molecule has 32 heavy (non-hydrogen) atoms. The Balaban J connectivity index is 1.65. The number of aromatic nitrogens is 4. The van der Waals surface area contributed by atoms with E-state index in [1.165, 1.54) is 36.2 Å². The summed E-state index contributed by atoms with van der Waals surface area (Å²) in [5.74, 6) is -0.957. The fourth-order valence-corrected chi connectivity index (χ4v) is 3.49. The Labute approximate surface area is 180 Å². The summed E-state index contributed by atoms with van der Waals surface area (Å²) in [6.07, 6.45) is 0.761. The molecule has 166 valence electrons. The quantitative estimate of drug-likeness (QED) is 0.623. The summed E-state index contributed by atoms with van der Waals surface area (Å²) in [6.45, 7) is 1.46. The number of anilines is 1. The van der Waals surface area contributed by atoms with Gasteiger partial charge in [0.25, 0.3) is 12.3 Å². The number of halogens is 3. The molecule has 3 aromatic rings. The third kappa shape index (κ3) is 3.74. The van der Waals surface area contributed by atoms with Crippen LogP contribution in [-0.2, 0) is 12.1 Å². The Hall–Kier alpha value is -3.96. The van der Waals surface area contributed by atoms with Gasteiger partial charge >= 0.3 is 0 Å². The molecular formula is C20H18F3N7O2.